The molecule has 2 saturated heterocycles. The van der Waals surface area contributed by atoms with E-state index in [0.29, 0.717) is 44.8 Å². The maximum absolute atomic E-state index is 12.0. The number of methoxy groups -OCH3 is 1. The van der Waals surface area contributed by atoms with Gasteiger partial charge in [0.15, 0.2) is 5.79 Å². The molecule has 23 heavy (non-hydrogen) atoms. The Bertz CT molecular complexity index is 616. The second-order valence-electron chi connectivity index (χ2n) is 5.54. The Hall–Kier alpha value is -2.19. The van der Waals surface area contributed by atoms with Crippen LogP contribution in [0.4, 0.5) is 11.4 Å². The molecule has 0 saturated carbocycles. The molecule has 0 aliphatic carbocycles. The molecule has 0 radical (unpaired) electrons. The van der Waals surface area contributed by atoms with Crippen LogP contribution in [-0.2, 0) is 14.2 Å². The largest absolute Gasteiger partial charge is 0.465 e. The third-order valence-corrected chi connectivity index (χ3v) is 4.28. The van der Waals surface area contributed by atoms with Crippen LogP contribution in [0.15, 0.2) is 18.2 Å². The van der Waals surface area contributed by atoms with E-state index in [2.05, 4.69) is 0 Å². The first-order valence-corrected chi connectivity index (χ1v) is 7.44. The highest BCUT2D eigenvalue weighted by Gasteiger charge is 2.40. The van der Waals surface area contributed by atoms with Crippen molar-refractivity contribution in [3.63, 3.8) is 0 Å². The monoisotopic (exact) mass is 322 g/mol. The van der Waals surface area contributed by atoms with E-state index in [1.54, 1.807) is 6.07 Å². The lowest BCUT2D eigenvalue weighted by atomic mass is 10.0. The van der Waals surface area contributed by atoms with Crippen molar-refractivity contribution in [2.75, 3.05) is 38.3 Å². The summed E-state index contributed by atoms with van der Waals surface area (Å²) in [5.41, 5.74) is 0.700. The van der Waals surface area contributed by atoms with Gasteiger partial charge in [-0.3, -0.25) is 10.1 Å². The second-order valence-corrected chi connectivity index (χ2v) is 5.54. The van der Waals surface area contributed by atoms with E-state index in [1.165, 1.54) is 19.2 Å². The number of non-ortho nitro benzene ring substituents is 1. The van der Waals surface area contributed by atoms with E-state index in [9.17, 15) is 14.9 Å². The quantitative estimate of drug-likeness (QED) is 0.475. The topological polar surface area (TPSA) is 91.1 Å². The molecule has 3 rings (SSSR count). The number of rotatable bonds is 3. The Kier molecular flexibility index (Phi) is 4.18. The minimum atomic E-state index is -0.586. The number of esters is 1. The zero-order valence-electron chi connectivity index (χ0n) is 12.8. The van der Waals surface area contributed by atoms with Crippen LogP contribution in [0.5, 0.6) is 0 Å². The van der Waals surface area contributed by atoms with Crippen molar-refractivity contribution in [2.45, 2.75) is 18.6 Å². The van der Waals surface area contributed by atoms with Gasteiger partial charge in [-0.1, -0.05) is 0 Å². The molecule has 0 amide bonds. The van der Waals surface area contributed by atoms with Crippen molar-refractivity contribution >= 4 is 17.3 Å². The van der Waals surface area contributed by atoms with Crippen molar-refractivity contribution in [3.05, 3.63) is 33.9 Å². The Balaban J connectivity index is 1.84. The van der Waals surface area contributed by atoms with Crippen LogP contribution in [-0.4, -0.2) is 50.1 Å². The predicted molar refractivity (Wildman–Crippen MR) is 80.5 cm³/mol. The normalized spacial score (nSPS) is 19.8. The van der Waals surface area contributed by atoms with E-state index in [0.717, 1.165) is 0 Å². The summed E-state index contributed by atoms with van der Waals surface area (Å²) < 4.78 is 16.1. The minimum Gasteiger partial charge on any atom is -0.465 e. The fourth-order valence-corrected chi connectivity index (χ4v) is 3.06. The number of ether oxygens (including phenoxy) is 3. The van der Waals surface area contributed by atoms with Gasteiger partial charge in [0.05, 0.1) is 36.5 Å². The van der Waals surface area contributed by atoms with Gasteiger partial charge in [-0.15, -0.1) is 0 Å². The van der Waals surface area contributed by atoms with Crippen LogP contribution in [0.2, 0.25) is 0 Å². The van der Waals surface area contributed by atoms with Crippen LogP contribution < -0.4 is 4.90 Å². The number of carbonyl (C=O) groups is 1. The molecule has 2 aliphatic heterocycles. The summed E-state index contributed by atoms with van der Waals surface area (Å²) >= 11 is 0. The molecule has 8 nitrogen and oxygen atoms in total. The van der Waals surface area contributed by atoms with E-state index in [-0.39, 0.29) is 11.3 Å². The van der Waals surface area contributed by atoms with Gasteiger partial charge in [0.1, 0.15) is 0 Å². The number of hydrogen-bond acceptors (Lipinski definition) is 7. The van der Waals surface area contributed by atoms with E-state index < -0.39 is 16.7 Å². The summed E-state index contributed by atoms with van der Waals surface area (Å²) in [6.07, 6.45) is 1.37. The number of nitrogens with zero attached hydrogens (tertiary/aromatic N) is 2. The molecule has 2 aliphatic rings. The number of carbonyl (C=O) groups excluding carboxylic acids is 1. The number of nitro groups is 1. The zero-order valence-corrected chi connectivity index (χ0v) is 12.8. The van der Waals surface area contributed by atoms with Crippen molar-refractivity contribution in [2.24, 2.45) is 0 Å². The Morgan fingerprint density at radius 3 is 2.52 bits per heavy atom. The third kappa shape index (κ3) is 2.99. The van der Waals surface area contributed by atoms with Gasteiger partial charge in [-0.05, 0) is 6.07 Å². The molecule has 0 bridgehead atoms. The van der Waals surface area contributed by atoms with E-state index in [4.69, 9.17) is 14.2 Å². The Morgan fingerprint density at radius 2 is 1.96 bits per heavy atom. The smallest absolute Gasteiger partial charge is 0.340 e. The summed E-state index contributed by atoms with van der Waals surface area (Å²) in [7, 11) is 1.26. The lowest BCUT2D eigenvalue weighted by molar-refractivity contribution is -0.384. The first kappa shape index (κ1) is 15.7. The number of benzene rings is 1. The highest BCUT2D eigenvalue weighted by molar-refractivity contribution is 5.96. The molecule has 0 unspecified atom stereocenters. The number of nitro benzene ring substituents is 1. The zero-order chi connectivity index (χ0) is 16.4. The Morgan fingerprint density at radius 1 is 1.30 bits per heavy atom. The van der Waals surface area contributed by atoms with Gasteiger partial charge in [-0.2, -0.15) is 0 Å². The standard InChI is InChI=1S/C15H18N2O6/c1-21-14(18)12-10-11(17(19)20)2-3-13(12)16-6-4-15(5-7-16)22-8-9-23-15/h2-3,10H,4-9H2,1H3. The van der Waals surface area contributed by atoms with Crippen LogP contribution in [0, 0.1) is 10.1 Å². The van der Waals surface area contributed by atoms with Gasteiger partial charge in [0.25, 0.3) is 5.69 Å². The molecule has 0 aromatic heterocycles. The van der Waals surface area contributed by atoms with Crippen molar-refractivity contribution in [1.29, 1.82) is 0 Å². The predicted octanol–water partition coefficient (Wildman–Crippen LogP) is 1.72. The summed E-state index contributed by atoms with van der Waals surface area (Å²) in [5.74, 6) is -1.10. The molecule has 2 fully saturated rings. The summed E-state index contributed by atoms with van der Waals surface area (Å²) in [6.45, 7) is 2.49. The molecule has 8 heteroatoms. The van der Waals surface area contributed by atoms with E-state index >= 15 is 0 Å². The summed E-state index contributed by atoms with van der Waals surface area (Å²) in [5, 5.41) is 10.9. The van der Waals surface area contributed by atoms with Crippen molar-refractivity contribution in [3.8, 4) is 0 Å². The molecule has 1 spiro atoms. The first-order chi connectivity index (χ1) is 11.0. The molecule has 0 N–H and O–H groups in total. The number of piperidine rings is 1. The molecule has 2 heterocycles. The van der Waals surface area contributed by atoms with Gasteiger partial charge >= 0.3 is 5.97 Å². The average Bonchev–Trinajstić information content (AvgIpc) is 3.02. The van der Waals surface area contributed by atoms with Crippen molar-refractivity contribution in [1.82, 2.24) is 0 Å². The SMILES string of the molecule is COC(=O)c1cc([N+](=O)[O-])ccc1N1CCC2(CC1)OCCO2. The Labute approximate surface area is 133 Å². The van der Waals surface area contributed by atoms with Gasteiger partial charge < -0.3 is 19.1 Å². The maximum atomic E-state index is 12.0. The molecule has 1 aromatic rings. The lowest BCUT2D eigenvalue weighted by Gasteiger charge is -2.39. The van der Waals surface area contributed by atoms with Crippen molar-refractivity contribution < 1.29 is 23.9 Å². The average molecular weight is 322 g/mol. The molecule has 124 valence electrons. The number of anilines is 1. The fourth-order valence-electron chi connectivity index (χ4n) is 3.06. The van der Waals surface area contributed by atoms with Gasteiger partial charge in [0, 0.05) is 38.1 Å². The van der Waals surface area contributed by atoms with Crippen LogP contribution >= 0.6 is 0 Å². The third-order valence-electron chi connectivity index (χ3n) is 4.28. The van der Waals surface area contributed by atoms with Crippen LogP contribution in [0.25, 0.3) is 0 Å². The second kappa shape index (κ2) is 6.13. The molecule has 0 atom stereocenters. The summed E-state index contributed by atoms with van der Waals surface area (Å²) in [6, 6.07) is 4.25. The summed E-state index contributed by atoms with van der Waals surface area (Å²) in [4.78, 5) is 24.4. The first-order valence-electron chi connectivity index (χ1n) is 7.44. The molecule has 1 aromatic carbocycles. The fraction of sp³-hybridized carbons (Fsp3) is 0.533. The maximum Gasteiger partial charge on any atom is 0.340 e. The molecular weight excluding hydrogens is 304 g/mol. The van der Waals surface area contributed by atoms with Gasteiger partial charge in [0.2, 0.25) is 0 Å². The lowest BCUT2D eigenvalue weighted by Crippen LogP contribution is -2.45. The van der Waals surface area contributed by atoms with Crippen LogP contribution in [0.3, 0.4) is 0 Å². The number of hydrogen-bond donors (Lipinski definition) is 0. The highest BCUT2D eigenvalue weighted by atomic mass is 16.7. The molecular formula is C15H18N2O6. The van der Waals surface area contributed by atoms with E-state index in [1.807, 2.05) is 4.90 Å². The highest BCUT2D eigenvalue weighted by Crippen LogP contribution is 2.35. The van der Waals surface area contributed by atoms with Gasteiger partial charge in [-0.25, -0.2) is 4.79 Å². The minimum absolute atomic E-state index is 0.134. The van der Waals surface area contributed by atoms with Crippen LogP contribution in [0.1, 0.15) is 23.2 Å².